The van der Waals surface area contributed by atoms with E-state index in [1.807, 2.05) is 38.1 Å². The van der Waals surface area contributed by atoms with Crippen LogP contribution < -0.4 is 0 Å². The van der Waals surface area contributed by atoms with E-state index in [-0.39, 0.29) is 5.41 Å². The van der Waals surface area contributed by atoms with Gasteiger partial charge in [-0.2, -0.15) is 0 Å². The van der Waals surface area contributed by atoms with Crippen molar-refractivity contribution in [1.82, 2.24) is 4.98 Å². The Hall–Kier alpha value is -1.83. The van der Waals surface area contributed by atoms with Crippen LogP contribution in [0.5, 0.6) is 5.75 Å². The molecule has 0 unspecified atom stereocenters. The molecule has 0 saturated heterocycles. The summed E-state index contributed by atoms with van der Waals surface area (Å²) >= 11 is 0. The number of benzene rings is 1. The van der Waals surface area contributed by atoms with Crippen LogP contribution in [0.15, 0.2) is 43.2 Å². The highest BCUT2D eigenvalue weighted by atomic mass is 16.3. The number of phenolic OH excluding ortho intramolecular Hbond substituents is 1. The molecule has 2 nitrogen and oxygen atoms in total. The van der Waals surface area contributed by atoms with Gasteiger partial charge in [0.25, 0.3) is 0 Å². The van der Waals surface area contributed by atoms with E-state index in [1.165, 1.54) is 0 Å². The molecule has 0 atom stereocenters. The first-order valence-electron chi connectivity index (χ1n) is 5.26. The van der Waals surface area contributed by atoms with Gasteiger partial charge in [0, 0.05) is 34.1 Å². The molecule has 0 fully saturated rings. The number of aromatic hydroxyl groups is 1. The average molecular weight is 213 g/mol. The summed E-state index contributed by atoms with van der Waals surface area (Å²) in [6, 6.07) is 5.73. The predicted octanol–water partition coefficient (Wildman–Crippen LogP) is 3.40. The van der Waals surface area contributed by atoms with Gasteiger partial charge in [-0.25, -0.2) is 0 Å². The molecule has 2 aromatic rings. The van der Waals surface area contributed by atoms with Gasteiger partial charge in [0.2, 0.25) is 0 Å². The molecule has 2 rings (SSSR count). The van der Waals surface area contributed by atoms with Gasteiger partial charge in [-0.1, -0.05) is 32.1 Å². The highest BCUT2D eigenvalue weighted by Crippen LogP contribution is 2.36. The first kappa shape index (κ1) is 10.7. The minimum Gasteiger partial charge on any atom is -0.507 e. The summed E-state index contributed by atoms with van der Waals surface area (Å²) in [5, 5.41) is 12.0. The van der Waals surface area contributed by atoms with Crippen molar-refractivity contribution < 1.29 is 5.11 Å². The fraction of sp³-hybridized carbons (Fsp3) is 0.214. The molecule has 82 valence electrons. The van der Waals surface area contributed by atoms with Crippen LogP contribution in [0.1, 0.15) is 19.4 Å². The second-order valence-electron chi connectivity index (χ2n) is 4.48. The normalized spacial score (nSPS) is 11.6. The van der Waals surface area contributed by atoms with Crippen LogP contribution in [0.2, 0.25) is 0 Å². The molecule has 1 aromatic carbocycles. The molecular formula is C14H15NO. The third-order valence-electron chi connectivity index (χ3n) is 3.00. The predicted molar refractivity (Wildman–Crippen MR) is 66.6 cm³/mol. The third kappa shape index (κ3) is 1.56. The second kappa shape index (κ2) is 3.63. The quantitative estimate of drug-likeness (QED) is 0.775. The topological polar surface area (TPSA) is 33.1 Å². The van der Waals surface area contributed by atoms with Crippen molar-refractivity contribution in [3.8, 4) is 5.75 Å². The lowest BCUT2D eigenvalue weighted by Crippen LogP contribution is -2.13. The van der Waals surface area contributed by atoms with Gasteiger partial charge in [-0.05, 0) is 6.07 Å². The molecule has 0 spiro atoms. The number of phenols is 1. The van der Waals surface area contributed by atoms with Gasteiger partial charge in [-0.3, -0.25) is 4.98 Å². The number of allylic oxidation sites excluding steroid dienone is 1. The number of nitrogens with zero attached hydrogens (tertiary/aromatic N) is 1. The summed E-state index contributed by atoms with van der Waals surface area (Å²) in [6.45, 7) is 7.87. The van der Waals surface area contributed by atoms with Crippen LogP contribution >= 0.6 is 0 Å². The Balaban J connectivity index is 2.75. The number of hydrogen-bond donors (Lipinski definition) is 1. The lowest BCUT2D eigenvalue weighted by molar-refractivity contribution is 0.462. The summed E-state index contributed by atoms with van der Waals surface area (Å²) in [5.74, 6) is 0.324. The van der Waals surface area contributed by atoms with Gasteiger partial charge < -0.3 is 5.11 Å². The van der Waals surface area contributed by atoms with Crippen molar-refractivity contribution in [2.45, 2.75) is 19.3 Å². The van der Waals surface area contributed by atoms with E-state index in [0.29, 0.717) is 5.75 Å². The van der Waals surface area contributed by atoms with E-state index in [4.69, 9.17) is 0 Å². The fourth-order valence-electron chi connectivity index (χ4n) is 1.78. The zero-order valence-corrected chi connectivity index (χ0v) is 9.57. The van der Waals surface area contributed by atoms with E-state index >= 15 is 0 Å². The van der Waals surface area contributed by atoms with Crippen LogP contribution in [-0.2, 0) is 5.41 Å². The molecular weight excluding hydrogens is 198 g/mol. The minimum absolute atomic E-state index is 0.235. The SMILES string of the molecule is C=CC(C)(C)c1ccc2cnccc2c1O. The van der Waals surface area contributed by atoms with Crippen molar-refractivity contribution >= 4 is 10.8 Å². The third-order valence-corrected chi connectivity index (χ3v) is 3.00. The van der Waals surface area contributed by atoms with E-state index in [9.17, 15) is 5.11 Å². The highest BCUT2D eigenvalue weighted by Gasteiger charge is 2.21. The molecule has 0 radical (unpaired) electrons. The number of hydrogen-bond acceptors (Lipinski definition) is 2. The molecule has 0 bridgehead atoms. The van der Waals surface area contributed by atoms with E-state index in [1.54, 1.807) is 12.4 Å². The summed E-state index contributed by atoms with van der Waals surface area (Å²) in [4.78, 5) is 4.03. The Labute approximate surface area is 95.3 Å². The van der Waals surface area contributed by atoms with E-state index in [0.717, 1.165) is 16.3 Å². The molecule has 0 saturated carbocycles. The van der Waals surface area contributed by atoms with Crippen LogP contribution in [0.25, 0.3) is 10.8 Å². The Bertz CT molecular complexity index is 543. The fourth-order valence-corrected chi connectivity index (χ4v) is 1.78. The molecule has 2 heteroatoms. The molecule has 1 heterocycles. The Morgan fingerprint density at radius 2 is 2.06 bits per heavy atom. The monoisotopic (exact) mass is 213 g/mol. The standard InChI is InChI=1S/C14H15NO/c1-4-14(2,3)12-6-5-10-9-15-8-7-11(10)13(12)16/h4-9,16H,1H2,2-3H3. The lowest BCUT2D eigenvalue weighted by atomic mass is 9.83. The van der Waals surface area contributed by atoms with Gasteiger partial charge in [0.05, 0.1) is 0 Å². The second-order valence-corrected chi connectivity index (χ2v) is 4.48. The van der Waals surface area contributed by atoms with Crippen molar-refractivity contribution in [2.75, 3.05) is 0 Å². The lowest BCUT2D eigenvalue weighted by Gasteiger charge is -2.22. The first-order valence-corrected chi connectivity index (χ1v) is 5.26. The van der Waals surface area contributed by atoms with Crippen molar-refractivity contribution in [3.05, 3.63) is 48.8 Å². The molecule has 0 aliphatic carbocycles. The molecule has 0 amide bonds. The van der Waals surface area contributed by atoms with Gasteiger partial charge in [0.1, 0.15) is 5.75 Å². The zero-order chi connectivity index (χ0) is 11.8. The number of pyridine rings is 1. The zero-order valence-electron chi connectivity index (χ0n) is 9.57. The number of fused-ring (bicyclic) bond motifs is 1. The van der Waals surface area contributed by atoms with E-state index in [2.05, 4.69) is 11.6 Å². The summed E-state index contributed by atoms with van der Waals surface area (Å²) in [6.07, 6.45) is 5.28. The first-order chi connectivity index (χ1) is 7.56. The largest absolute Gasteiger partial charge is 0.507 e. The summed E-state index contributed by atoms with van der Waals surface area (Å²) < 4.78 is 0. The van der Waals surface area contributed by atoms with Crippen molar-refractivity contribution in [2.24, 2.45) is 0 Å². The maximum Gasteiger partial charge on any atom is 0.127 e. The Morgan fingerprint density at radius 3 is 2.75 bits per heavy atom. The highest BCUT2D eigenvalue weighted by molar-refractivity contribution is 5.88. The minimum atomic E-state index is -0.235. The van der Waals surface area contributed by atoms with Crippen LogP contribution in [-0.4, -0.2) is 10.1 Å². The van der Waals surface area contributed by atoms with Gasteiger partial charge in [0.15, 0.2) is 0 Å². The molecule has 16 heavy (non-hydrogen) atoms. The van der Waals surface area contributed by atoms with E-state index < -0.39 is 0 Å². The molecule has 1 aromatic heterocycles. The van der Waals surface area contributed by atoms with Crippen molar-refractivity contribution in [3.63, 3.8) is 0 Å². The van der Waals surface area contributed by atoms with Crippen LogP contribution in [0.4, 0.5) is 0 Å². The van der Waals surface area contributed by atoms with Crippen LogP contribution in [0.3, 0.4) is 0 Å². The van der Waals surface area contributed by atoms with Crippen molar-refractivity contribution in [1.29, 1.82) is 0 Å². The number of rotatable bonds is 2. The maximum atomic E-state index is 10.2. The summed E-state index contributed by atoms with van der Waals surface area (Å²) in [5.41, 5.74) is 0.655. The van der Waals surface area contributed by atoms with Gasteiger partial charge in [-0.15, -0.1) is 6.58 Å². The smallest absolute Gasteiger partial charge is 0.127 e. The Kier molecular flexibility index (Phi) is 2.43. The summed E-state index contributed by atoms with van der Waals surface area (Å²) in [7, 11) is 0. The maximum absolute atomic E-state index is 10.2. The number of aromatic nitrogens is 1. The molecule has 0 aliphatic heterocycles. The van der Waals surface area contributed by atoms with Gasteiger partial charge >= 0.3 is 0 Å². The molecule has 0 aliphatic rings. The Morgan fingerprint density at radius 1 is 1.31 bits per heavy atom. The average Bonchev–Trinajstić information content (AvgIpc) is 2.29. The van der Waals surface area contributed by atoms with Crippen LogP contribution in [0, 0.1) is 0 Å². The molecule has 1 N–H and O–H groups in total.